The molecule has 0 saturated heterocycles. The Hall–Kier alpha value is -1.78. The molecule has 0 aliphatic rings. The normalized spacial score (nSPS) is 12.0. The average molecular weight is 330 g/mol. The standard InChI is InChI=1S/C19H22O3S/c1-2-3-13-22-17(19(20)21)14-15-9-7-8-12-18(15)23-16-10-5-4-6-11-16/h4-12,17H,2-3,13-14H2,1H3,(H,20,21)/t17-/m0/s1. The van der Waals surface area contributed by atoms with Gasteiger partial charge in [-0.15, -0.1) is 0 Å². The summed E-state index contributed by atoms with van der Waals surface area (Å²) in [6.07, 6.45) is 1.46. The number of carboxylic acid groups (broad SMARTS) is 1. The summed E-state index contributed by atoms with van der Waals surface area (Å²) in [6.45, 7) is 2.55. The highest BCUT2D eigenvalue weighted by Gasteiger charge is 2.20. The van der Waals surface area contributed by atoms with E-state index in [1.54, 1.807) is 11.8 Å². The molecule has 0 aliphatic heterocycles. The number of carbonyl (C=O) groups is 1. The molecule has 0 radical (unpaired) electrons. The Kier molecular flexibility index (Phi) is 7.17. The van der Waals surface area contributed by atoms with Crippen LogP contribution in [-0.4, -0.2) is 23.8 Å². The van der Waals surface area contributed by atoms with E-state index in [2.05, 4.69) is 6.92 Å². The van der Waals surface area contributed by atoms with Crippen molar-refractivity contribution in [2.45, 2.75) is 42.1 Å². The first-order chi connectivity index (χ1) is 11.2. The van der Waals surface area contributed by atoms with Gasteiger partial charge in [0, 0.05) is 22.8 Å². The second kappa shape index (κ2) is 9.38. The fraction of sp³-hybridized carbons (Fsp3) is 0.316. The number of hydrogen-bond donors (Lipinski definition) is 1. The van der Waals surface area contributed by atoms with Crippen molar-refractivity contribution in [2.24, 2.45) is 0 Å². The summed E-state index contributed by atoms with van der Waals surface area (Å²) in [7, 11) is 0. The van der Waals surface area contributed by atoms with Gasteiger partial charge in [-0.25, -0.2) is 4.79 Å². The summed E-state index contributed by atoms with van der Waals surface area (Å²) in [5.41, 5.74) is 1.00. The van der Waals surface area contributed by atoms with Gasteiger partial charge < -0.3 is 9.84 Å². The molecule has 0 bridgehead atoms. The number of carboxylic acids is 1. The predicted octanol–water partition coefficient (Wildman–Crippen LogP) is 4.65. The van der Waals surface area contributed by atoms with E-state index in [0.717, 1.165) is 28.2 Å². The van der Waals surface area contributed by atoms with Gasteiger partial charge in [-0.2, -0.15) is 0 Å². The number of ether oxygens (including phenoxy) is 1. The van der Waals surface area contributed by atoms with Crippen molar-refractivity contribution >= 4 is 17.7 Å². The minimum absolute atomic E-state index is 0.384. The Morgan fingerprint density at radius 1 is 1.13 bits per heavy atom. The fourth-order valence-electron chi connectivity index (χ4n) is 2.17. The quantitative estimate of drug-likeness (QED) is 0.680. The smallest absolute Gasteiger partial charge is 0.333 e. The van der Waals surface area contributed by atoms with E-state index in [0.29, 0.717) is 13.0 Å². The third-order valence-corrected chi connectivity index (χ3v) is 4.57. The number of aliphatic carboxylic acids is 1. The minimum Gasteiger partial charge on any atom is -0.479 e. The van der Waals surface area contributed by atoms with Gasteiger partial charge in [0.05, 0.1) is 0 Å². The highest BCUT2D eigenvalue weighted by Crippen LogP contribution is 2.31. The fourth-order valence-corrected chi connectivity index (χ4v) is 3.15. The monoisotopic (exact) mass is 330 g/mol. The Morgan fingerprint density at radius 3 is 2.52 bits per heavy atom. The number of unbranched alkanes of at least 4 members (excludes halogenated alkanes) is 1. The minimum atomic E-state index is -0.902. The zero-order valence-electron chi connectivity index (χ0n) is 13.3. The van der Waals surface area contributed by atoms with Gasteiger partial charge in [0.1, 0.15) is 0 Å². The molecule has 23 heavy (non-hydrogen) atoms. The lowest BCUT2D eigenvalue weighted by molar-refractivity contribution is -0.150. The second-order valence-electron chi connectivity index (χ2n) is 5.28. The van der Waals surface area contributed by atoms with Crippen LogP contribution >= 0.6 is 11.8 Å². The van der Waals surface area contributed by atoms with E-state index in [1.165, 1.54) is 0 Å². The van der Waals surface area contributed by atoms with Crippen molar-refractivity contribution < 1.29 is 14.6 Å². The first kappa shape index (κ1) is 17.6. The molecule has 0 saturated carbocycles. The van der Waals surface area contributed by atoms with Gasteiger partial charge in [0.15, 0.2) is 6.10 Å². The molecule has 0 aromatic heterocycles. The molecule has 0 heterocycles. The molecule has 0 unspecified atom stereocenters. The lowest BCUT2D eigenvalue weighted by atomic mass is 10.1. The maximum atomic E-state index is 11.4. The van der Waals surface area contributed by atoms with Gasteiger partial charge in [-0.3, -0.25) is 0 Å². The third kappa shape index (κ3) is 5.73. The van der Waals surface area contributed by atoms with Gasteiger partial charge in [0.2, 0.25) is 0 Å². The summed E-state index contributed by atoms with van der Waals surface area (Å²) in [6, 6.07) is 18.0. The van der Waals surface area contributed by atoms with E-state index in [9.17, 15) is 9.90 Å². The molecular formula is C19H22O3S. The van der Waals surface area contributed by atoms with Crippen LogP contribution in [0.25, 0.3) is 0 Å². The zero-order valence-corrected chi connectivity index (χ0v) is 14.1. The van der Waals surface area contributed by atoms with E-state index in [4.69, 9.17) is 4.74 Å². The first-order valence-electron chi connectivity index (χ1n) is 7.86. The van der Waals surface area contributed by atoms with Crippen molar-refractivity contribution in [1.82, 2.24) is 0 Å². The van der Waals surface area contributed by atoms with Crippen LogP contribution in [0.1, 0.15) is 25.3 Å². The van der Waals surface area contributed by atoms with Crippen molar-refractivity contribution in [3.63, 3.8) is 0 Å². The Balaban J connectivity index is 2.10. The molecule has 4 heteroatoms. The average Bonchev–Trinajstić information content (AvgIpc) is 2.56. The topological polar surface area (TPSA) is 46.5 Å². The number of benzene rings is 2. The lowest BCUT2D eigenvalue weighted by Crippen LogP contribution is -2.27. The SMILES string of the molecule is CCCCO[C@@H](Cc1ccccc1Sc1ccccc1)C(=O)O. The second-order valence-corrected chi connectivity index (χ2v) is 6.39. The summed E-state index contributed by atoms with van der Waals surface area (Å²) in [5.74, 6) is -0.902. The van der Waals surface area contributed by atoms with Crippen LogP contribution in [0, 0.1) is 0 Å². The van der Waals surface area contributed by atoms with Crippen molar-refractivity contribution in [1.29, 1.82) is 0 Å². The molecule has 122 valence electrons. The molecule has 0 fully saturated rings. The van der Waals surface area contributed by atoms with E-state index < -0.39 is 12.1 Å². The molecule has 0 spiro atoms. The van der Waals surface area contributed by atoms with Gasteiger partial charge in [-0.05, 0) is 30.2 Å². The largest absolute Gasteiger partial charge is 0.479 e. The summed E-state index contributed by atoms with van der Waals surface area (Å²) in [5, 5.41) is 9.38. The van der Waals surface area contributed by atoms with Crippen LogP contribution in [0.15, 0.2) is 64.4 Å². The maximum Gasteiger partial charge on any atom is 0.333 e. The number of hydrogen-bond acceptors (Lipinski definition) is 3. The summed E-state index contributed by atoms with van der Waals surface area (Å²) in [4.78, 5) is 13.6. The molecule has 0 amide bonds. The summed E-state index contributed by atoms with van der Waals surface area (Å²) < 4.78 is 5.54. The molecular weight excluding hydrogens is 308 g/mol. The molecule has 2 rings (SSSR count). The van der Waals surface area contributed by atoms with E-state index in [-0.39, 0.29) is 0 Å². The molecule has 2 aromatic rings. The highest BCUT2D eigenvalue weighted by molar-refractivity contribution is 7.99. The summed E-state index contributed by atoms with van der Waals surface area (Å²) >= 11 is 1.65. The van der Waals surface area contributed by atoms with Crippen LogP contribution in [0.4, 0.5) is 0 Å². The van der Waals surface area contributed by atoms with Crippen molar-refractivity contribution in [3.05, 3.63) is 60.2 Å². The van der Waals surface area contributed by atoms with Gasteiger partial charge in [-0.1, -0.05) is 61.5 Å². The zero-order chi connectivity index (χ0) is 16.5. The van der Waals surface area contributed by atoms with Gasteiger partial charge >= 0.3 is 5.97 Å². The molecule has 0 aliphatic carbocycles. The molecule has 2 aromatic carbocycles. The van der Waals surface area contributed by atoms with Crippen LogP contribution in [0.3, 0.4) is 0 Å². The van der Waals surface area contributed by atoms with Crippen molar-refractivity contribution in [2.75, 3.05) is 6.61 Å². The third-order valence-electron chi connectivity index (χ3n) is 3.44. The molecule has 1 N–H and O–H groups in total. The van der Waals surface area contributed by atoms with Gasteiger partial charge in [0.25, 0.3) is 0 Å². The van der Waals surface area contributed by atoms with Crippen LogP contribution in [0.5, 0.6) is 0 Å². The molecule has 1 atom stereocenters. The van der Waals surface area contributed by atoms with E-state index in [1.807, 2.05) is 54.6 Å². The van der Waals surface area contributed by atoms with Crippen molar-refractivity contribution in [3.8, 4) is 0 Å². The van der Waals surface area contributed by atoms with Crippen LogP contribution in [-0.2, 0) is 16.0 Å². The molecule has 3 nitrogen and oxygen atoms in total. The maximum absolute atomic E-state index is 11.4. The van der Waals surface area contributed by atoms with Crippen LogP contribution < -0.4 is 0 Å². The van der Waals surface area contributed by atoms with E-state index >= 15 is 0 Å². The Labute approximate surface area is 141 Å². The van der Waals surface area contributed by atoms with Crippen LogP contribution in [0.2, 0.25) is 0 Å². The first-order valence-corrected chi connectivity index (χ1v) is 8.67. The number of rotatable bonds is 9. The predicted molar refractivity (Wildman–Crippen MR) is 93.0 cm³/mol. The Bertz CT molecular complexity index is 613. The Morgan fingerprint density at radius 2 is 1.83 bits per heavy atom. The lowest BCUT2D eigenvalue weighted by Gasteiger charge is -2.16. The highest BCUT2D eigenvalue weighted by atomic mass is 32.2.